The number of nitrogens with one attached hydrogen (secondary N) is 1. The lowest BCUT2D eigenvalue weighted by molar-refractivity contribution is -0.137. The van der Waals surface area contributed by atoms with Gasteiger partial charge in [-0.05, 0) is 25.1 Å². The summed E-state index contributed by atoms with van der Waals surface area (Å²) in [6, 6.07) is 10.2. The molecule has 0 bridgehead atoms. The van der Waals surface area contributed by atoms with Gasteiger partial charge in [-0.25, -0.2) is 0 Å². The predicted octanol–water partition coefficient (Wildman–Crippen LogP) is 1.49. The maximum Gasteiger partial charge on any atom is 0.322 e. The van der Waals surface area contributed by atoms with Crippen LogP contribution >= 0.6 is 0 Å². The van der Waals surface area contributed by atoms with Crippen molar-refractivity contribution in [2.75, 3.05) is 19.6 Å². The van der Waals surface area contributed by atoms with E-state index >= 15 is 0 Å². The molecular formula is C15H22N2O3. The van der Waals surface area contributed by atoms with E-state index in [1.165, 1.54) is 5.56 Å². The van der Waals surface area contributed by atoms with E-state index in [0.717, 1.165) is 26.1 Å². The zero-order valence-corrected chi connectivity index (χ0v) is 11.8. The second-order valence-electron chi connectivity index (χ2n) is 4.63. The Balaban J connectivity index is 2.24. The van der Waals surface area contributed by atoms with E-state index in [0.29, 0.717) is 6.42 Å². The van der Waals surface area contributed by atoms with Gasteiger partial charge in [0.2, 0.25) is 5.91 Å². The van der Waals surface area contributed by atoms with Crippen LogP contribution in [0.4, 0.5) is 0 Å². The number of carbonyl (C=O) groups is 2. The highest BCUT2D eigenvalue weighted by atomic mass is 16.4. The van der Waals surface area contributed by atoms with Crippen LogP contribution < -0.4 is 5.32 Å². The molecule has 1 aromatic carbocycles. The lowest BCUT2D eigenvalue weighted by Crippen LogP contribution is -2.30. The molecule has 0 aliphatic heterocycles. The highest BCUT2D eigenvalue weighted by molar-refractivity contribution is 5.80. The topological polar surface area (TPSA) is 69.6 Å². The van der Waals surface area contributed by atoms with Gasteiger partial charge in [0.05, 0.1) is 0 Å². The molecule has 0 saturated carbocycles. The van der Waals surface area contributed by atoms with Crippen molar-refractivity contribution in [3.63, 3.8) is 0 Å². The van der Waals surface area contributed by atoms with E-state index < -0.39 is 5.97 Å². The average Bonchev–Trinajstić information content (AvgIpc) is 2.45. The number of benzene rings is 1. The smallest absolute Gasteiger partial charge is 0.322 e. The standard InChI is InChI=1S/C15H22N2O3/c1-2-17(12-13-7-4-3-5-8-13)10-6-9-14(18)16-11-15(19)20/h3-5,7-8H,2,6,9-12H2,1H3,(H,16,18)(H,19,20). The molecule has 0 atom stereocenters. The number of carboxylic acid groups (broad SMARTS) is 1. The first-order valence-corrected chi connectivity index (χ1v) is 6.86. The van der Waals surface area contributed by atoms with Crippen LogP contribution in [0.2, 0.25) is 0 Å². The van der Waals surface area contributed by atoms with E-state index in [2.05, 4.69) is 29.3 Å². The lowest BCUT2D eigenvalue weighted by atomic mass is 10.2. The van der Waals surface area contributed by atoms with Gasteiger partial charge in [0.1, 0.15) is 6.54 Å². The first-order valence-electron chi connectivity index (χ1n) is 6.86. The number of carboxylic acids is 1. The van der Waals surface area contributed by atoms with Gasteiger partial charge >= 0.3 is 5.97 Å². The van der Waals surface area contributed by atoms with Gasteiger partial charge in [0.15, 0.2) is 0 Å². The molecule has 0 fully saturated rings. The van der Waals surface area contributed by atoms with Crippen LogP contribution in [0.25, 0.3) is 0 Å². The van der Waals surface area contributed by atoms with Crippen molar-refractivity contribution >= 4 is 11.9 Å². The molecule has 0 heterocycles. The molecule has 0 saturated heterocycles. The minimum atomic E-state index is -1.02. The summed E-state index contributed by atoms with van der Waals surface area (Å²) < 4.78 is 0. The number of carbonyl (C=O) groups excluding carboxylic acids is 1. The van der Waals surface area contributed by atoms with Crippen LogP contribution in [-0.2, 0) is 16.1 Å². The second kappa shape index (κ2) is 9.09. The highest BCUT2D eigenvalue weighted by Crippen LogP contribution is 2.05. The third kappa shape index (κ3) is 6.89. The van der Waals surface area contributed by atoms with Crippen molar-refractivity contribution in [2.24, 2.45) is 0 Å². The fourth-order valence-electron chi connectivity index (χ4n) is 1.92. The number of rotatable bonds is 9. The molecule has 0 aromatic heterocycles. The molecule has 110 valence electrons. The lowest BCUT2D eigenvalue weighted by Gasteiger charge is -2.20. The Hall–Kier alpha value is -1.88. The Kier molecular flexibility index (Phi) is 7.35. The molecule has 5 nitrogen and oxygen atoms in total. The van der Waals surface area contributed by atoms with Crippen LogP contribution in [0, 0.1) is 0 Å². The van der Waals surface area contributed by atoms with Gasteiger partial charge < -0.3 is 10.4 Å². The van der Waals surface area contributed by atoms with Crippen molar-refractivity contribution in [3.8, 4) is 0 Å². The maximum absolute atomic E-state index is 11.4. The number of nitrogens with zero attached hydrogens (tertiary/aromatic N) is 1. The van der Waals surface area contributed by atoms with Crippen molar-refractivity contribution in [3.05, 3.63) is 35.9 Å². The Morgan fingerprint density at radius 3 is 2.55 bits per heavy atom. The minimum Gasteiger partial charge on any atom is -0.480 e. The zero-order chi connectivity index (χ0) is 14.8. The predicted molar refractivity (Wildman–Crippen MR) is 77.3 cm³/mol. The first kappa shape index (κ1) is 16.2. The summed E-state index contributed by atoms with van der Waals surface area (Å²) >= 11 is 0. The van der Waals surface area contributed by atoms with Gasteiger partial charge in [0, 0.05) is 13.0 Å². The van der Waals surface area contributed by atoms with Crippen molar-refractivity contribution in [2.45, 2.75) is 26.3 Å². The van der Waals surface area contributed by atoms with E-state index in [-0.39, 0.29) is 12.5 Å². The van der Waals surface area contributed by atoms with Crippen molar-refractivity contribution < 1.29 is 14.7 Å². The summed E-state index contributed by atoms with van der Waals surface area (Å²) in [5, 5.41) is 10.8. The Bertz CT molecular complexity index is 420. The van der Waals surface area contributed by atoms with Gasteiger partial charge in [-0.2, -0.15) is 0 Å². The number of hydrogen-bond donors (Lipinski definition) is 2. The Labute approximate surface area is 119 Å². The number of amides is 1. The summed E-state index contributed by atoms with van der Waals surface area (Å²) in [5.74, 6) is -1.22. The quantitative estimate of drug-likeness (QED) is 0.718. The van der Waals surface area contributed by atoms with Gasteiger partial charge in [-0.1, -0.05) is 37.3 Å². The summed E-state index contributed by atoms with van der Waals surface area (Å²) in [4.78, 5) is 24.0. The van der Waals surface area contributed by atoms with E-state index in [1.807, 2.05) is 18.2 Å². The van der Waals surface area contributed by atoms with Crippen molar-refractivity contribution in [1.82, 2.24) is 10.2 Å². The third-order valence-electron chi connectivity index (χ3n) is 3.01. The molecular weight excluding hydrogens is 256 g/mol. The molecule has 1 aromatic rings. The van der Waals surface area contributed by atoms with Crippen LogP contribution in [0.15, 0.2) is 30.3 Å². The number of hydrogen-bond acceptors (Lipinski definition) is 3. The molecule has 0 aliphatic rings. The highest BCUT2D eigenvalue weighted by Gasteiger charge is 2.07. The third-order valence-corrected chi connectivity index (χ3v) is 3.01. The molecule has 5 heteroatoms. The summed E-state index contributed by atoms with van der Waals surface area (Å²) in [5.41, 5.74) is 1.25. The molecule has 0 radical (unpaired) electrons. The van der Waals surface area contributed by atoms with Gasteiger partial charge in [-0.15, -0.1) is 0 Å². The van der Waals surface area contributed by atoms with Gasteiger partial charge in [-0.3, -0.25) is 14.5 Å². The number of aliphatic carboxylic acids is 1. The molecule has 0 aliphatic carbocycles. The molecule has 1 amide bonds. The van der Waals surface area contributed by atoms with Gasteiger partial charge in [0.25, 0.3) is 0 Å². The molecule has 0 spiro atoms. The Morgan fingerprint density at radius 1 is 1.25 bits per heavy atom. The maximum atomic E-state index is 11.4. The SMILES string of the molecule is CCN(CCCC(=O)NCC(=O)O)Cc1ccccc1. The Morgan fingerprint density at radius 2 is 1.95 bits per heavy atom. The fraction of sp³-hybridized carbons (Fsp3) is 0.467. The first-order chi connectivity index (χ1) is 9.61. The van der Waals surface area contributed by atoms with Crippen LogP contribution in [0.3, 0.4) is 0 Å². The van der Waals surface area contributed by atoms with Crippen LogP contribution in [0.1, 0.15) is 25.3 Å². The molecule has 2 N–H and O–H groups in total. The normalized spacial score (nSPS) is 10.5. The zero-order valence-electron chi connectivity index (χ0n) is 11.8. The summed E-state index contributed by atoms with van der Waals surface area (Å²) in [6.07, 6.45) is 1.09. The minimum absolute atomic E-state index is 0.205. The van der Waals surface area contributed by atoms with Crippen LogP contribution in [-0.4, -0.2) is 41.5 Å². The molecule has 0 unspecified atom stereocenters. The summed E-state index contributed by atoms with van der Waals surface area (Å²) in [6.45, 7) is 4.40. The summed E-state index contributed by atoms with van der Waals surface area (Å²) in [7, 11) is 0. The second-order valence-corrected chi connectivity index (χ2v) is 4.63. The van der Waals surface area contributed by atoms with E-state index in [1.54, 1.807) is 0 Å². The fourth-order valence-corrected chi connectivity index (χ4v) is 1.92. The molecule has 1 rings (SSSR count). The monoisotopic (exact) mass is 278 g/mol. The average molecular weight is 278 g/mol. The molecule has 20 heavy (non-hydrogen) atoms. The van der Waals surface area contributed by atoms with E-state index in [9.17, 15) is 9.59 Å². The van der Waals surface area contributed by atoms with Crippen molar-refractivity contribution in [1.29, 1.82) is 0 Å². The van der Waals surface area contributed by atoms with Crippen LogP contribution in [0.5, 0.6) is 0 Å². The largest absolute Gasteiger partial charge is 0.480 e. The van der Waals surface area contributed by atoms with E-state index in [4.69, 9.17) is 5.11 Å².